The Kier molecular flexibility index (Phi) is 15.0. The minimum Gasteiger partial charge on any atom is -0.493 e. The van der Waals surface area contributed by atoms with Crippen LogP contribution in [-0.2, 0) is 11.3 Å². The number of carbonyl (C=O) groups is 3. The zero-order chi connectivity index (χ0) is 34.6. The first kappa shape index (κ1) is 39.0. The summed E-state index contributed by atoms with van der Waals surface area (Å²) in [4.78, 5) is 39.0. The number of carbonyl (C=O) groups excluding carboxylic acids is 3. The fourth-order valence-corrected chi connectivity index (χ4v) is 5.64. The van der Waals surface area contributed by atoms with E-state index in [9.17, 15) is 23.2 Å². The highest BCUT2D eigenvalue weighted by Gasteiger charge is 2.29. The Morgan fingerprint density at radius 2 is 1.76 bits per heavy atom. The third-order valence-electron chi connectivity index (χ3n) is 8.19. The number of nitrogens with two attached hydrogens (primary N) is 1. The van der Waals surface area contributed by atoms with E-state index in [0.29, 0.717) is 61.4 Å². The molecule has 0 saturated carbocycles. The summed E-state index contributed by atoms with van der Waals surface area (Å²) in [5, 5.41) is 8.06. The minimum absolute atomic E-state index is 0. The Labute approximate surface area is 291 Å². The summed E-state index contributed by atoms with van der Waals surface area (Å²) in [5.74, 6) is -1.86. The lowest BCUT2D eigenvalue weighted by atomic mass is 9.93. The Morgan fingerprint density at radius 3 is 2.43 bits per heavy atom. The zero-order valence-corrected chi connectivity index (χ0v) is 28.7. The van der Waals surface area contributed by atoms with Crippen LogP contribution < -0.4 is 31.2 Å². The van der Waals surface area contributed by atoms with Crippen LogP contribution in [0.5, 0.6) is 17.2 Å². The monoisotopic (exact) mass is 703 g/mol. The second-order valence-corrected chi connectivity index (χ2v) is 11.6. The quantitative estimate of drug-likeness (QED) is 0.142. The molecule has 266 valence electrons. The second-order valence-electron chi connectivity index (χ2n) is 11.6. The maximum absolute atomic E-state index is 14.3. The summed E-state index contributed by atoms with van der Waals surface area (Å²) >= 11 is 0. The van der Waals surface area contributed by atoms with Gasteiger partial charge in [0.25, 0.3) is 11.8 Å². The minimum atomic E-state index is -1.09. The van der Waals surface area contributed by atoms with Crippen molar-refractivity contribution in [1.29, 1.82) is 0 Å². The first-order valence-electron chi connectivity index (χ1n) is 15.9. The molecule has 0 bridgehead atoms. The number of hydrogen-bond donors (Lipinski definition) is 4. The molecule has 3 aromatic rings. The van der Waals surface area contributed by atoms with Gasteiger partial charge in [0.15, 0.2) is 11.5 Å². The van der Waals surface area contributed by atoms with Crippen LogP contribution in [-0.4, -0.2) is 68.7 Å². The van der Waals surface area contributed by atoms with Crippen LogP contribution in [0.25, 0.3) is 0 Å². The molecule has 0 aliphatic carbocycles. The highest BCUT2D eigenvalue weighted by atomic mass is 35.5. The van der Waals surface area contributed by atoms with E-state index in [1.807, 2.05) is 24.3 Å². The van der Waals surface area contributed by atoms with Crippen LogP contribution in [0.1, 0.15) is 65.3 Å². The van der Waals surface area contributed by atoms with Gasteiger partial charge >= 0.3 is 6.03 Å². The number of nitrogens with zero attached hydrogens (tertiary/aromatic N) is 1. The molecule has 2 unspecified atom stereocenters. The van der Waals surface area contributed by atoms with Gasteiger partial charge in [-0.2, -0.15) is 0 Å². The molecule has 1 heterocycles. The van der Waals surface area contributed by atoms with Gasteiger partial charge in [0, 0.05) is 50.5 Å². The van der Waals surface area contributed by atoms with Crippen LogP contribution in [0.15, 0.2) is 54.6 Å². The number of primary amides is 1. The molecule has 0 radical (unpaired) electrons. The van der Waals surface area contributed by atoms with Crippen molar-refractivity contribution in [3.63, 3.8) is 0 Å². The number of likely N-dealkylation sites (tertiary alicyclic amines) is 1. The molecular weight excluding hydrogens is 660 g/mol. The molecule has 2 atom stereocenters. The van der Waals surface area contributed by atoms with Crippen molar-refractivity contribution < 1.29 is 37.4 Å². The van der Waals surface area contributed by atoms with Crippen LogP contribution in [0.3, 0.4) is 0 Å². The van der Waals surface area contributed by atoms with E-state index in [4.69, 9.17) is 19.9 Å². The molecular formula is C35H44ClF2N5O6. The lowest BCUT2D eigenvalue weighted by molar-refractivity contribution is 0.0935. The lowest BCUT2D eigenvalue weighted by Crippen LogP contribution is -2.50. The van der Waals surface area contributed by atoms with Gasteiger partial charge < -0.3 is 35.9 Å². The largest absolute Gasteiger partial charge is 0.493 e. The van der Waals surface area contributed by atoms with E-state index in [0.717, 1.165) is 37.4 Å². The summed E-state index contributed by atoms with van der Waals surface area (Å²) in [6.45, 7) is 4.39. The molecule has 14 heteroatoms. The molecule has 5 N–H and O–H groups in total. The Hall–Kier alpha value is -4.46. The number of piperidine rings is 1. The van der Waals surface area contributed by atoms with Gasteiger partial charge in [-0.15, -0.1) is 12.4 Å². The van der Waals surface area contributed by atoms with E-state index in [1.54, 1.807) is 25.3 Å². The molecule has 3 aromatic carbocycles. The number of rotatable bonds is 15. The number of urea groups is 1. The molecule has 1 aliphatic heterocycles. The van der Waals surface area contributed by atoms with Crippen LogP contribution >= 0.6 is 12.4 Å². The highest BCUT2D eigenvalue weighted by Crippen LogP contribution is 2.33. The van der Waals surface area contributed by atoms with E-state index in [2.05, 4.69) is 27.8 Å². The summed E-state index contributed by atoms with van der Waals surface area (Å²) in [6.07, 6.45) is 4.39. The number of amides is 4. The number of hydrogen-bond acceptors (Lipinski definition) is 7. The molecule has 1 saturated heterocycles. The van der Waals surface area contributed by atoms with Crippen LogP contribution in [0.4, 0.5) is 19.3 Å². The summed E-state index contributed by atoms with van der Waals surface area (Å²) in [5.41, 5.74) is 5.87. The van der Waals surface area contributed by atoms with Gasteiger partial charge in [0.2, 0.25) is 0 Å². The maximum atomic E-state index is 14.3. The first-order valence-corrected chi connectivity index (χ1v) is 15.9. The smallest absolute Gasteiger partial charge is 0.319 e. The highest BCUT2D eigenvalue weighted by molar-refractivity contribution is 5.96. The van der Waals surface area contributed by atoms with Gasteiger partial charge in [-0.1, -0.05) is 31.9 Å². The number of benzene rings is 3. The third-order valence-corrected chi connectivity index (χ3v) is 8.19. The fourth-order valence-electron chi connectivity index (χ4n) is 5.64. The van der Waals surface area contributed by atoms with Gasteiger partial charge in [-0.3, -0.25) is 14.5 Å². The van der Waals surface area contributed by atoms with Gasteiger partial charge in [0.1, 0.15) is 17.4 Å². The number of halogens is 3. The SMILES string of the molecule is CCCCC1CC(NC(=O)Nc2cc(C(N)=O)c(F)cc2F)CCN1Cc1ccc(Oc2ccc(C(=O)NCCOC)cc2OC)cc1.Cl. The molecule has 0 spiro atoms. The number of anilines is 1. The fraction of sp³-hybridized carbons (Fsp3) is 0.400. The van der Waals surface area contributed by atoms with Crippen molar-refractivity contribution in [2.45, 2.75) is 57.7 Å². The standard InChI is InChI=1S/C35H43F2N5O6.ClH/c1-4-5-6-25-18-24(40-35(45)41-30-19-27(33(38)43)28(36)20-29(30)37)13-15-42(25)21-22-7-10-26(11-8-22)48-31-12-9-23(17-32(31)47-3)34(44)39-14-16-46-2;/h7-12,17,19-20,24-25H,4-6,13-16,18,21H2,1-3H3,(H2,38,43)(H,39,44)(H2,40,41,45);1H. The first-order chi connectivity index (χ1) is 23.1. The third kappa shape index (κ3) is 11.0. The van der Waals surface area contributed by atoms with Crippen molar-refractivity contribution in [3.8, 4) is 17.2 Å². The molecule has 4 rings (SSSR count). The maximum Gasteiger partial charge on any atom is 0.319 e. The molecule has 1 aliphatic rings. The Bertz CT molecular complexity index is 1580. The average Bonchev–Trinajstić information content (AvgIpc) is 3.06. The van der Waals surface area contributed by atoms with Crippen LogP contribution in [0.2, 0.25) is 0 Å². The van der Waals surface area contributed by atoms with E-state index >= 15 is 0 Å². The number of ether oxygens (including phenoxy) is 3. The van der Waals surface area contributed by atoms with E-state index < -0.39 is 29.1 Å². The van der Waals surface area contributed by atoms with Crippen molar-refractivity contribution >= 4 is 35.9 Å². The van der Waals surface area contributed by atoms with Gasteiger partial charge in [0.05, 0.1) is 25.0 Å². The number of nitrogens with one attached hydrogen (secondary N) is 3. The van der Waals surface area contributed by atoms with E-state index in [1.165, 1.54) is 7.11 Å². The van der Waals surface area contributed by atoms with Gasteiger partial charge in [-0.25, -0.2) is 13.6 Å². The molecule has 1 fully saturated rings. The van der Waals surface area contributed by atoms with Crippen molar-refractivity contribution in [2.24, 2.45) is 5.73 Å². The van der Waals surface area contributed by atoms with Crippen molar-refractivity contribution in [3.05, 3.63) is 82.9 Å². The Morgan fingerprint density at radius 1 is 1.00 bits per heavy atom. The predicted molar refractivity (Wildman–Crippen MR) is 185 cm³/mol. The zero-order valence-electron chi connectivity index (χ0n) is 27.9. The normalized spacial score (nSPS) is 15.9. The average molecular weight is 704 g/mol. The topological polar surface area (TPSA) is 144 Å². The Balaban J connectivity index is 0.00000650. The predicted octanol–water partition coefficient (Wildman–Crippen LogP) is 6.01. The number of methoxy groups -OCH3 is 2. The molecule has 49 heavy (non-hydrogen) atoms. The molecule has 4 amide bonds. The summed E-state index contributed by atoms with van der Waals surface area (Å²) in [6, 6.07) is 13.6. The van der Waals surface area contributed by atoms with Crippen LogP contribution in [0, 0.1) is 11.6 Å². The second kappa shape index (κ2) is 18.9. The van der Waals surface area contributed by atoms with E-state index in [-0.39, 0.29) is 36.1 Å². The summed E-state index contributed by atoms with van der Waals surface area (Å²) in [7, 11) is 3.09. The summed E-state index contributed by atoms with van der Waals surface area (Å²) < 4.78 is 44.6. The number of unbranched alkanes of at least 4 members (excludes halogenated alkanes) is 1. The molecule has 0 aromatic heterocycles. The lowest BCUT2D eigenvalue weighted by Gasteiger charge is -2.40. The van der Waals surface area contributed by atoms with Crippen molar-refractivity contribution in [1.82, 2.24) is 15.5 Å². The van der Waals surface area contributed by atoms with Gasteiger partial charge in [-0.05, 0) is 61.2 Å². The van der Waals surface area contributed by atoms with Crippen molar-refractivity contribution in [2.75, 3.05) is 39.2 Å². The molecule has 11 nitrogen and oxygen atoms in total.